The quantitative estimate of drug-likeness (QED) is 0.716. The molecule has 0 heterocycles. The third kappa shape index (κ3) is 3.04. The minimum absolute atomic E-state index is 0.0259. The van der Waals surface area contributed by atoms with Crippen LogP contribution < -0.4 is 15.8 Å². The molecule has 0 aliphatic carbocycles. The Morgan fingerprint density at radius 3 is 2.20 bits per heavy atom. The largest absolute Gasteiger partial charge is 0.495 e. The molecule has 0 aliphatic rings. The summed E-state index contributed by atoms with van der Waals surface area (Å²) in [5.41, 5.74) is 5.59. The number of hydrogen-bond donors (Lipinski definition) is 2. The van der Waals surface area contributed by atoms with Gasteiger partial charge in [0.2, 0.25) is 0 Å². The third-order valence-corrected chi connectivity index (χ3v) is 3.84. The minimum Gasteiger partial charge on any atom is -0.495 e. The van der Waals surface area contributed by atoms with Gasteiger partial charge in [0.15, 0.2) is 11.6 Å². The number of hydrogen-bond acceptors (Lipinski definition) is 3. The zero-order valence-corrected chi connectivity index (χ0v) is 13.5. The van der Waals surface area contributed by atoms with Gasteiger partial charge in [-0.15, -0.1) is 0 Å². The van der Waals surface area contributed by atoms with Gasteiger partial charge in [0, 0.05) is 16.2 Å². The SMILES string of the molecule is COc1cc(Nc2c(F)cc(N)cc2F)c(Br)cc1Br. The molecule has 0 aliphatic heterocycles. The lowest BCUT2D eigenvalue weighted by Gasteiger charge is -2.13. The van der Waals surface area contributed by atoms with Crippen LogP contribution in [0, 0.1) is 11.6 Å². The second-order valence-corrected chi connectivity index (χ2v) is 5.66. The molecule has 0 radical (unpaired) electrons. The summed E-state index contributed by atoms with van der Waals surface area (Å²) in [7, 11) is 1.50. The maximum absolute atomic E-state index is 13.8. The molecule has 0 atom stereocenters. The maximum atomic E-state index is 13.8. The van der Waals surface area contributed by atoms with Crippen molar-refractivity contribution in [2.24, 2.45) is 0 Å². The molecule has 3 N–H and O–H groups in total. The summed E-state index contributed by atoms with van der Waals surface area (Å²) in [5.74, 6) is -1.00. The van der Waals surface area contributed by atoms with Crippen molar-refractivity contribution in [2.75, 3.05) is 18.2 Å². The number of nitrogen functional groups attached to an aromatic ring is 1. The Labute approximate surface area is 131 Å². The topological polar surface area (TPSA) is 47.3 Å². The molecule has 0 aromatic heterocycles. The van der Waals surface area contributed by atoms with Crippen LogP contribution in [0.5, 0.6) is 5.75 Å². The van der Waals surface area contributed by atoms with Crippen molar-refractivity contribution in [1.29, 1.82) is 0 Å². The fraction of sp³-hybridized carbons (Fsp3) is 0.0769. The summed E-state index contributed by atoms with van der Waals surface area (Å²) in [6, 6.07) is 5.43. The van der Waals surface area contributed by atoms with Gasteiger partial charge in [0.05, 0.1) is 17.3 Å². The van der Waals surface area contributed by atoms with E-state index in [9.17, 15) is 8.78 Å². The van der Waals surface area contributed by atoms with E-state index in [1.165, 1.54) is 7.11 Å². The van der Waals surface area contributed by atoms with Gasteiger partial charge in [-0.2, -0.15) is 0 Å². The van der Waals surface area contributed by atoms with Gasteiger partial charge in [0.25, 0.3) is 0 Å². The molecule has 0 fully saturated rings. The zero-order valence-electron chi connectivity index (χ0n) is 10.3. The van der Waals surface area contributed by atoms with Gasteiger partial charge in [-0.1, -0.05) is 0 Å². The third-order valence-electron chi connectivity index (χ3n) is 2.57. The van der Waals surface area contributed by atoms with Crippen molar-refractivity contribution < 1.29 is 13.5 Å². The lowest BCUT2D eigenvalue weighted by atomic mass is 10.2. The first kappa shape index (κ1) is 15.1. The van der Waals surface area contributed by atoms with Gasteiger partial charge >= 0.3 is 0 Å². The Kier molecular flexibility index (Phi) is 4.49. The van der Waals surface area contributed by atoms with Crippen molar-refractivity contribution in [3.63, 3.8) is 0 Å². The number of nitrogens with two attached hydrogens (primary N) is 1. The molecule has 106 valence electrons. The number of anilines is 3. The van der Waals surface area contributed by atoms with Crippen LogP contribution in [0.3, 0.4) is 0 Å². The Morgan fingerprint density at radius 2 is 1.65 bits per heavy atom. The highest BCUT2D eigenvalue weighted by atomic mass is 79.9. The van der Waals surface area contributed by atoms with Gasteiger partial charge < -0.3 is 15.8 Å². The highest BCUT2D eigenvalue weighted by Gasteiger charge is 2.14. The fourth-order valence-electron chi connectivity index (χ4n) is 1.63. The number of rotatable bonds is 3. The Bertz CT molecular complexity index is 642. The number of methoxy groups -OCH3 is 1. The summed E-state index contributed by atoms with van der Waals surface area (Å²) in [6.45, 7) is 0. The van der Waals surface area contributed by atoms with E-state index in [4.69, 9.17) is 10.5 Å². The smallest absolute Gasteiger partial charge is 0.151 e. The number of ether oxygens (including phenoxy) is 1. The van der Waals surface area contributed by atoms with Crippen LogP contribution >= 0.6 is 31.9 Å². The van der Waals surface area contributed by atoms with E-state index in [0.29, 0.717) is 15.9 Å². The summed E-state index contributed by atoms with van der Waals surface area (Å²) in [5, 5.41) is 2.68. The predicted octanol–water partition coefficient (Wildman–Crippen LogP) is 4.82. The molecule has 0 saturated heterocycles. The lowest BCUT2D eigenvalue weighted by molar-refractivity contribution is 0.412. The summed E-state index contributed by atoms with van der Waals surface area (Å²) in [4.78, 5) is 0. The van der Waals surface area contributed by atoms with Crippen molar-refractivity contribution in [3.8, 4) is 5.75 Å². The Morgan fingerprint density at radius 1 is 1.05 bits per heavy atom. The molecular formula is C13H10Br2F2N2O. The van der Waals surface area contributed by atoms with E-state index in [0.717, 1.165) is 16.6 Å². The molecule has 2 aromatic carbocycles. The van der Waals surface area contributed by atoms with E-state index < -0.39 is 11.6 Å². The van der Waals surface area contributed by atoms with Gasteiger partial charge in [-0.3, -0.25) is 0 Å². The van der Waals surface area contributed by atoms with Crippen LogP contribution in [-0.4, -0.2) is 7.11 Å². The average Bonchev–Trinajstić information content (AvgIpc) is 2.35. The van der Waals surface area contributed by atoms with Crippen molar-refractivity contribution >= 4 is 48.9 Å². The number of halogens is 4. The molecule has 2 aromatic rings. The second-order valence-electron chi connectivity index (χ2n) is 3.95. The zero-order chi connectivity index (χ0) is 14.9. The normalized spacial score (nSPS) is 10.4. The van der Waals surface area contributed by atoms with Crippen LogP contribution in [0.25, 0.3) is 0 Å². The number of nitrogens with one attached hydrogen (secondary N) is 1. The molecule has 0 bridgehead atoms. The fourth-order valence-corrected chi connectivity index (χ4v) is 2.88. The highest BCUT2D eigenvalue weighted by molar-refractivity contribution is 9.11. The predicted molar refractivity (Wildman–Crippen MR) is 82.4 cm³/mol. The molecule has 3 nitrogen and oxygen atoms in total. The van der Waals surface area contributed by atoms with Crippen molar-refractivity contribution in [3.05, 3.63) is 44.8 Å². The van der Waals surface area contributed by atoms with Crippen LogP contribution in [0.1, 0.15) is 0 Å². The van der Waals surface area contributed by atoms with Gasteiger partial charge in [0.1, 0.15) is 11.4 Å². The van der Waals surface area contributed by atoms with Gasteiger partial charge in [-0.05, 0) is 50.1 Å². The summed E-state index contributed by atoms with van der Waals surface area (Å²) < 4.78 is 34.0. The minimum atomic E-state index is -0.767. The van der Waals surface area contributed by atoms with E-state index >= 15 is 0 Å². The van der Waals surface area contributed by atoms with E-state index in [-0.39, 0.29) is 11.4 Å². The first-order valence-corrected chi connectivity index (χ1v) is 7.05. The monoisotopic (exact) mass is 406 g/mol. The average molecular weight is 408 g/mol. The van der Waals surface area contributed by atoms with Crippen molar-refractivity contribution in [2.45, 2.75) is 0 Å². The molecule has 0 saturated carbocycles. The summed E-state index contributed by atoms with van der Waals surface area (Å²) >= 11 is 6.63. The van der Waals surface area contributed by atoms with E-state index in [1.54, 1.807) is 12.1 Å². The second kappa shape index (κ2) is 5.97. The van der Waals surface area contributed by atoms with Gasteiger partial charge in [-0.25, -0.2) is 8.78 Å². The molecular weight excluding hydrogens is 398 g/mol. The molecule has 2 rings (SSSR count). The molecule has 0 amide bonds. The lowest BCUT2D eigenvalue weighted by Crippen LogP contribution is -2.00. The molecule has 20 heavy (non-hydrogen) atoms. The van der Waals surface area contributed by atoms with Crippen LogP contribution in [0.2, 0.25) is 0 Å². The number of benzene rings is 2. The molecule has 7 heteroatoms. The van der Waals surface area contributed by atoms with E-state index in [2.05, 4.69) is 37.2 Å². The molecule has 0 spiro atoms. The first-order valence-electron chi connectivity index (χ1n) is 5.47. The van der Waals surface area contributed by atoms with Crippen LogP contribution in [0.15, 0.2) is 33.2 Å². The van der Waals surface area contributed by atoms with Crippen LogP contribution in [0.4, 0.5) is 25.8 Å². The summed E-state index contributed by atoms with van der Waals surface area (Å²) in [6.07, 6.45) is 0. The Balaban J connectivity index is 2.45. The maximum Gasteiger partial charge on any atom is 0.151 e. The molecule has 0 unspecified atom stereocenters. The van der Waals surface area contributed by atoms with Crippen LogP contribution in [-0.2, 0) is 0 Å². The Hall–Kier alpha value is -1.34. The first-order chi connectivity index (χ1) is 9.42. The standard InChI is InChI=1S/C13H10Br2F2N2O/c1-20-12-5-11(7(14)4-8(12)15)19-13-9(16)2-6(18)3-10(13)17/h2-5,19H,18H2,1H3. The van der Waals surface area contributed by atoms with Crippen molar-refractivity contribution in [1.82, 2.24) is 0 Å². The highest BCUT2D eigenvalue weighted by Crippen LogP contribution is 2.37. The van der Waals surface area contributed by atoms with E-state index in [1.807, 2.05) is 0 Å².